The van der Waals surface area contributed by atoms with Gasteiger partial charge in [-0.05, 0) is 76.5 Å². The molecule has 2 bridgehead atoms. The molecular formula is C62H105N3O21. The highest BCUT2D eigenvalue weighted by atomic mass is 16.7. The molecule has 86 heavy (non-hydrogen) atoms. The summed E-state index contributed by atoms with van der Waals surface area (Å²) in [4.78, 5) is 66.0. The lowest BCUT2D eigenvalue weighted by Crippen LogP contribution is -2.60. The third-order valence-corrected chi connectivity index (χ3v) is 16.7. The monoisotopic (exact) mass is 1230 g/mol. The summed E-state index contributed by atoms with van der Waals surface area (Å²) in [6.07, 6.45) is -3.60. The maximum Gasteiger partial charge on any atom is 0.317 e. The third-order valence-electron chi connectivity index (χ3n) is 16.7. The van der Waals surface area contributed by atoms with Gasteiger partial charge in [-0.1, -0.05) is 103 Å². The van der Waals surface area contributed by atoms with Crippen molar-refractivity contribution in [3.05, 3.63) is 48.6 Å². The number of carboxylic acids is 2. The third kappa shape index (κ3) is 28.1. The largest absolute Gasteiger partial charge is 0.481 e. The molecule has 0 aromatic heterocycles. The van der Waals surface area contributed by atoms with Crippen LogP contribution in [0, 0.1) is 47.3 Å². The molecule has 2 rings (SSSR count). The number of aliphatic hydroxyl groups is 10. The number of carboxylic acid groups (broad SMARTS) is 2. The second-order valence-corrected chi connectivity index (χ2v) is 24.3. The number of fused-ring (bicyclic) bond motifs is 2. The zero-order valence-corrected chi connectivity index (χ0v) is 51.8. The van der Waals surface area contributed by atoms with E-state index in [4.69, 9.17) is 24.7 Å². The zero-order chi connectivity index (χ0) is 65.0. The molecule has 0 saturated carbocycles. The van der Waals surface area contributed by atoms with Crippen molar-refractivity contribution in [1.29, 1.82) is 0 Å². The van der Waals surface area contributed by atoms with Crippen molar-refractivity contribution in [2.75, 3.05) is 13.6 Å². The highest BCUT2D eigenvalue weighted by Gasteiger charge is 2.52. The second-order valence-electron chi connectivity index (χ2n) is 24.3. The van der Waals surface area contributed by atoms with Gasteiger partial charge in [0.05, 0.1) is 60.9 Å². The number of esters is 3. The Kier molecular flexibility index (Phi) is 35.2. The molecule has 15 N–H and O–H groups in total. The smallest absolute Gasteiger partial charge is 0.317 e. The van der Waals surface area contributed by atoms with E-state index in [0.717, 1.165) is 38.6 Å². The summed E-state index contributed by atoms with van der Waals surface area (Å²) in [5.41, 5.74) is 5.69. The zero-order valence-electron chi connectivity index (χ0n) is 51.8. The minimum absolute atomic E-state index is 0.000556. The lowest BCUT2D eigenvalue weighted by molar-refractivity contribution is -0.333. The minimum atomic E-state index is -2.72. The number of rotatable bonds is 17. The van der Waals surface area contributed by atoms with Gasteiger partial charge in [0.2, 0.25) is 0 Å². The van der Waals surface area contributed by atoms with Crippen molar-refractivity contribution >= 4 is 35.8 Å². The van der Waals surface area contributed by atoms with E-state index in [0.29, 0.717) is 12.4 Å². The summed E-state index contributed by atoms with van der Waals surface area (Å²) >= 11 is 0. The van der Waals surface area contributed by atoms with Crippen LogP contribution in [-0.4, -0.2) is 196 Å². The number of aliphatic carboxylic acids is 2. The Labute approximate surface area is 507 Å². The number of cyclic esters (lactones) is 1. The van der Waals surface area contributed by atoms with Crippen LogP contribution in [0.4, 0.5) is 0 Å². The number of aliphatic imine (C=N–C) groups is 1. The number of nitrogens with two attached hydrogens (primary N) is 1. The standard InChI is InChI=1S/C62H105N3O21/c1-35(19-14-12-10-11-13-17-26-65-61(63)64-9)27-38(4)58-37(3)20-15-16-22-47(68)39(5)50(71)29-44(67)28-45(83-54(76)32-52(72)73)30-46-31-51(84-55(77)33-53(74)75)59(80)62(82,86-46)34-43(66)21-18-23-48(69)40(6)57(79)42(8)56(78)36(2)24-25-49(70)41(7)60(81)85-58/h10-11,15-16,20,22,24-25,35-51,56-59,66-71,78-80,82H,12-14,17-19,21,23,26-34H2,1-9H3,(H,72,73)(H,74,75)(H3,63,64,65)/b11-10+,20-15+,22-16+,25-24+. The van der Waals surface area contributed by atoms with Gasteiger partial charge in [-0.2, -0.15) is 0 Å². The van der Waals surface area contributed by atoms with Crippen LogP contribution in [0.5, 0.6) is 0 Å². The summed E-state index contributed by atoms with van der Waals surface area (Å²) in [7, 11) is 1.62. The molecule has 24 heteroatoms. The van der Waals surface area contributed by atoms with E-state index in [1.54, 1.807) is 52.1 Å². The summed E-state index contributed by atoms with van der Waals surface area (Å²) in [6.45, 7) is 14.6. The molecule has 0 aliphatic carbocycles. The van der Waals surface area contributed by atoms with Gasteiger partial charge in [0.25, 0.3) is 0 Å². The number of aliphatic hydroxyl groups excluding tert-OH is 9. The second kappa shape index (κ2) is 39.2. The number of ether oxygens (including phenoxy) is 4. The fraction of sp³-hybridized carbons (Fsp3) is 0.774. The normalized spacial score (nSPS) is 36.9. The van der Waals surface area contributed by atoms with Gasteiger partial charge in [0.1, 0.15) is 37.3 Å². The first kappa shape index (κ1) is 77.2. The average Bonchev–Trinajstić information content (AvgIpc) is 2.21. The minimum Gasteiger partial charge on any atom is -0.481 e. The predicted molar refractivity (Wildman–Crippen MR) is 318 cm³/mol. The van der Waals surface area contributed by atoms with Crippen molar-refractivity contribution in [1.82, 2.24) is 5.32 Å². The SMILES string of the molecule is CN=C(N)NCCC/C=C/CCCC(C)CC(C)C1OC(=O)C(C)C(O)/C=C/C(C)C(O)C(C)C(O)C(C)C(O)CCCC(O)CC2(O)OC(CC(OC(=O)CC(=O)O)CC(O)CC(O)C(C)C(O)/C=C/C=C/C1C)CC(OC(=O)CC(=O)O)C2O. The number of nitrogens with one attached hydrogen (secondary N) is 1. The Bertz CT molecular complexity index is 2200. The molecule has 1 saturated heterocycles. The van der Waals surface area contributed by atoms with Gasteiger partial charge in [0.15, 0.2) is 11.7 Å². The molecule has 0 aromatic carbocycles. The Balaban J connectivity index is 2.53. The molecule has 2 heterocycles. The first-order chi connectivity index (χ1) is 40.3. The van der Waals surface area contributed by atoms with Crippen LogP contribution in [0.15, 0.2) is 53.6 Å². The lowest BCUT2D eigenvalue weighted by Gasteiger charge is -2.45. The van der Waals surface area contributed by atoms with Gasteiger partial charge in [0, 0.05) is 68.9 Å². The summed E-state index contributed by atoms with van der Waals surface area (Å²) in [5.74, 6) is -13.1. The number of allylic oxidation sites excluding steroid dienone is 4. The topological polar surface area (TPSA) is 415 Å². The predicted octanol–water partition coefficient (Wildman–Crippen LogP) is 3.33. The van der Waals surface area contributed by atoms with E-state index < -0.39 is 190 Å². The van der Waals surface area contributed by atoms with Gasteiger partial charge < -0.3 is 91.3 Å². The van der Waals surface area contributed by atoms with Crippen molar-refractivity contribution in [3.63, 3.8) is 0 Å². The van der Waals surface area contributed by atoms with Crippen molar-refractivity contribution in [3.8, 4) is 0 Å². The average molecular weight is 1230 g/mol. The van der Waals surface area contributed by atoms with Crippen LogP contribution in [0.1, 0.15) is 158 Å². The van der Waals surface area contributed by atoms with Crippen LogP contribution in [0.25, 0.3) is 0 Å². The van der Waals surface area contributed by atoms with Crippen LogP contribution in [0.3, 0.4) is 0 Å². The summed E-state index contributed by atoms with van der Waals surface area (Å²) < 4.78 is 22.9. The Morgan fingerprint density at radius 2 is 1.35 bits per heavy atom. The van der Waals surface area contributed by atoms with Gasteiger partial charge >= 0.3 is 29.8 Å². The van der Waals surface area contributed by atoms with Crippen molar-refractivity contribution in [2.24, 2.45) is 58.1 Å². The van der Waals surface area contributed by atoms with Crippen LogP contribution in [0.2, 0.25) is 0 Å². The number of unbranched alkanes of at least 4 members (excludes halogenated alkanes) is 2. The molecule has 2 aliphatic heterocycles. The van der Waals surface area contributed by atoms with E-state index in [-0.39, 0.29) is 37.0 Å². The highest BCUT2D eigenvalue weighted by Crippen LogP contribution is 2.37. The quantitative estimate of drug-likeness (QED) is 0.0189. The molecule has 22 atom stereocenters. The molecule has 1 fully saturated rings. The van der Waals surface area contributed by atoms with Crippen LogP contribution < -0.4 is 11.1 Å². The Morgan fingerprint density at radius 3 is 1.98 bits per heavy atom. The molecular weight excluding hydrogens is 1120 g/mol. The molecule has 494 valence electrons. The number of carbonyl (C=O) groups is 5. The number of carbonyl (C=O) groups excluding carboxylic acids is 3. The van der Waals surface area contributed by atoms with E-state index >= 15 is 0 Å². The van der Waals surface area contributed by atoms with Crippen LogP contribution in [-0.2, 0) is 42.9 Å². The molecule has 0 aromatic rings. The van der Waals surface area contributed by atoms with Crippen molar-refractivity contribution < 1.29 is 104 Å². The Hall–Kier alpha value is -4.86. The van der Waals surface area contributed by atoms with E-state index in [9.17, 15) is 85.3 Å². The summed E-state index contributed by atoms with van der Waals surface area (Å²) in [5, 5.41) is 135. The number of hydrogen-bond donors (Lipinski definition) is 14. The number of nitrogens with zero attached hydrogens (tertiary/aromatic N) is 1. The maximum absolute atomic E-state index is 13.9. The molecule has 0 radical (unpaired) electrons. The molecule has 22 unspecified atom stereocenters. The molecule has 0 spiro atoms. The lowest BCUT2D eigenvalue weighted by atomic mass is 9.81. The first-order valence-electron chi connectivity index (χ1n) is 30.5. The highest BCUT2D eigenvalue weighted by molar-refractivity contribution is 5.90. The number of hydrogen-bond acceptors (Lipinski definition) is 20. The molecule has 24 nitrogen and oxygen atoms in total. The fourth-order valence-corrected chi connectivity index (χ4v) is 11.1. The van der Waals surface area contributed by atoms with E-state index in [2.05, 4.69) is 29.4 Å². The maximum atomic E-state index is 13.9. The van der Waals surface area contributed by atoms with Crippen LogP contribution >= 0.6 is 0 Å². The molecule has 0 amide bonds. The van der Waals surface area contributed by atoms with Crippen molar-refractivity contribution in [2.45, 2.75) is 243 Å². The summed E-state index contributed by atoms with van der Waals surface area (Å²) in [6, 6.07) is 0. The van der Waals surface area contributed by atoms with Gasteiger partial charge in [-0.25, -0.2) is 0 Å². The number of guanidine groups is 1. The first-order valence-corrected chi connectivity index (χ1v) is 30.5. The van der Waals surface area contributed by atoms with E-state index in [1.165, 1.54) is 26.0 Å². The van der Waals surface area contributed by atoms with E-state index in [1.807, 2.05) is 13.8 Å². The fourth-order valence-electron chi connectivity index (χ4n) is 11.1. The molecule has 2 aliphatic rings. The Morgan fingerprint density at radius 1 is 0.733 bits per heavy atom. The van der Waals surface area contributed by atoms with Gasteiger partial charge in [-0.15, -0.1) is 0 Å². The van der Waals surface area contributed by atoms with Gasteiger partial charge in [-0.3, -0.25) is 29.0 Å².